The highest BCUT2D eigenvalue weighted by Crippen LogP contribution is 2.27. The number of sulfonamides is 1. The predicted octanol–water partition coefficient (Wildman–Crippen LogP) is -7.94. The van der Waals surface area contributed by atoms with Gasteiger partial charge < -0.3 is 112 Å². The normalized spacial score (nSPS) is 15.8. The molecule has 38 heteroatoms. The lowest BCUT2D eigenvalue weighted by Gasteiger charge is -2.27. The van der Waals surface area contributed by atoms with Crippen LogP contribution in [0.2, 0.25) is 0 Å². The van der Waals surface area contributed by atoms with Gasteiger partial charge in [-0.1, -0.05) is 24.6 Å². The smallest absolute Gasteiger partial charge is 0.243 e. The second-order valence-electron chi connectivity index (χ2n) is 21.2. The number of hydrogen-bond donors (Lipinski definition) is 21. The van der Waals surface area contributed by atoms with Gasteiger partial charge in [0.25, 0.3) is 0 Å². The van der Waals surface area contributed by atoms with Crippen molar-refractivity contribution in [3.05, 3.63) is 35.4 Å². The standard InChI is InChI=1S/C53H98N28O9S/c54-42(83)35(10-4-21-69-48(55)56)77-44(85)37(12-6-23-71-50(59)60)79-46(87)39(14-8-25-73-52(63)64)81-47(88)40(15-9-26-74-53(65)66)80-45(86)38(13-7-24-72-51(61)62)78-43(84)36(11-5-22-70-49(57)58)76-41(82)16-2-1-3-20-67-28-29-75-91(89,90)34-18-17-33-31-68-27-19-32(33)30-34/h17-19,27,30-33,35-40,67,75H,1-16,20-26,28-29H2,(H2,54,83)(H,76,82)(H,77,85)(H,78,84)(H,79,87)(H,80,86)(H,81,88)(H4,55,56,69)(H4,57,58,70)(H4,59,60,71)(H4,61,62,72)(H4,63,64,73)(H4,65,66,74)/t32?,33?,35-,36-,37-,38-,39-,40-/m1/s1. The maximum Gasteiger partial charge on any atom is 0.243 e. The number of primary amides is 1. The Morgan fingerprint density at radius 1 is 0.418 bits per heavy atom. The lowest BCUT2D eigenvalue weighted by atomic mass is 9.88. The van der Waals surface area contributed by atoms with E-state index in [0.29, 0.717) is 32.4 Å². The van der Waals surface area contributed by atoms with Crippen LogP contribution in [0.3, 0.4) is 0 Å². The zero-order valence-corrected chi connectivity index (χ0v) is 52.3. The fourth-order valence-electron chi connectivity index (χ4n) is 8.97. The minimum absolute atomic E-state index is 0.00199. The van der Waals surface area contributed by atoms with Crippen molar-refractivity contribution in [2.45, 2.75) is 139 Å². The molecule has 0 spiro atoms. The number of allylic oxidation sites excluding steroid dienone is 4. The molecule has 0 aromatic carbocycles. The van der Waals surface area contributed by atoms with Gasteiger partial charge in [-0.25, -0.2) is 13.1 Å². The molecule has 0 aromatic rings. The van der Waals surface area contributed by atoms with Crippen molar-refractivity contribution in [1.82, 2.24) is 41.9 Å². The van der Waals surface area contributed by atoms with Crippen LogP contribution in [0.4, 0.5) is 0 Å². The largest absolute Gasteiger partial charge is 0.370 e. The van der Waals surface area contributed by atoms with Crippen LogP contribution < -0.4 is 116 Å². The Morgan fingerprint density at radius 2 is 0.769 bits per heavy atom. The van der Waals surface area contributed by atoms with E-state index in [1.807, 2.05) is 12.2 Å². The summed E-state index contributed by atoms with van der Waals surface area (Å²) in [7, 11) is -3.72. The third-order valence-electron chi connectivity index (χ3n) is 13.6. The van der Waals surface area contributed by atoms with E-state index in [2.05, 4.69) is 76.9 Å². The van der Waals surface area contributed by atoms with Gasteiger partial charge in [-0.15, -0.1) is 0 Å². The molecule has 0 aromatic heterocycles. The van der Waals surface area contributed by atoms with Gasteiger partial charge in [0, 0.05) is 83.0 Å². The van der Waals surface area contributed by atoms with Gasteiger partial charge in [0.1, 0.15) is 36.3 Å². The molecule has 1 aliphatic heterocycles. The van der Waals surface area contributed by atoms with Gasteiger partial charge in [0.2, 0.25) is 51.4 Å². The average Bonchev–Trinajstić information content (AvgIpc) is 1.04. The quantitative estimate of drug-likeness (QED) is 0.0153. The average molecular weight is 1300 g/mol. The highest BCUT2D eigenvalue weighted by molar-refractivity contribution is 7.93. The van der Waals surface area contributed by atoms with Gasteiger partial charge >= 0.3 is 0 Å². The molecule has 0 fully saturated rings. The Kier molecular flexibility index (Phi) is 37.1. The van der Waals surface area contributed by atoms with Crippen LogP contribution in [0.1, 0.15) is 103 Å². The molecule has 510 valence electrons. The van der Waals surface area contributed by atoms with Crippen molar-refractivity contribution in [3.63, 3.8) is 0 Å². The maximum atomic E-state index is 14.6. The van der Waals surface area contributed by atoms with E-state index < -0.39 is 87.6 Å². The van der Waals surface area contributed by atoms with E-state index in [1.165, 1.54) is 0 Å². The number of amides is 7. The number of unbranched alkanes of at least 4 members (excludes halogenated alkanes) is 2. The first-order valence-electron chi connectivity index (χ1n) is 29.9. The van der Waals surface area contributed by atoms with E-state index in [1.54, 1.807) is 24.6 Å². The summed E-state index contributed by atoms with van der Waals surface area (Å²) >= 11 is 0. The third-order valence-corrected chi connectivity index (χ3v) is 15.1. The number of carbonyl (C=O) groups is 7. The number of hydrogen-bond acceptors (Lipinski definition) is 17. The molecule has 0 saturated carbocycles. The Balaban J connectivity index is 2.35. The van der Waals surface area contributed by atoms with E-state index in [4.69, 9.17) is 74.5 Å². The van der Waals surface area contributed by atoms with Gasteiger partial charge in [-0.3, -0.25) is 68.5 Å². The first kappa shape index (κ1) is 77.8. The third kappa shape index (κ3) is 34.9. The van der Waals surface area contributed by atoms with Crippen molar-refractivity contribution in [2.75, 3.05) is 58.9 Å². The summed E-state index contributed by atoms with van der Waals surface area (Å²) in [5.74, 6) is -6.98. The zero-order chi connectivity index (χ0) is 67.7. The number of fused-ring (bicyclic) bond motifs is 1. The molecule has 2 rings (SSSR count). The van der Waals surface area contributed by atoms with Crippen LogP contribution in [0.25, 0.3) is 0 Å². The number of rotatable bonds is 47. The summed E-state index contributed by atoms with van der Waals surface area (Å²) < 4.78 is 28.5. The highest BCUT2D eigenvalue weighted by atomic mass is 32.2. The summed E-state index contributed by atoms with van der Waals surface area (Å²) in [6.45, 7) is 1.33. The van der Waals surface area contributed by atoms with Crippen molar-refractivity contribution in [1.29, 1.82) is 0 Å². The number of aliphatic imine (C=N–C) groups is 7. The zero-order valence-electron chi connectivity index (χ0n) is 51.5. The van der Waals surface area contributed by atoms with Crippen molar-refractivity contribution in [3.8, 4) is 0 Å². The van der Waals surface area contributed by atoms with Crippen LogP contribution in [0.15, 0.2) is 70.4 Å². The van der Waals surface area contributed by atoms with E-state index in [-0.39, 0.29) is 182 Å². The van der Waals surface area contributed by atoms with E-state index in [9.17, 15) is 42.0 Å². The second kappa shape index (κ2) is 43.4. The molecule has 91 heavy (non-hydrogen) atoms. The lowest BCUT2D eigenvalue weighted by Crippen LogP contribution is -2.59. The number of nitrogens with two attached hydrogens (primary N) is 13. The molecule has 8 atom stereocenters. The van der Waals surface area contributed by atoms with Gasteiger partial charge in [0.15, 0.2) is 35.8 Å². The van der Waals surface area contributed by atoms with Gasteiger partial charge in [0.05, 0.1) is 4.91 Å². The molecule has 1 heterocycles. The SMILES string of the molecule is NC(=O)[C@@H](CCCN=C(N)N)NC(=O)[C@@H](CCCN=C(N)N)NC(=O)[C@@H](CCCN=C(N)N)NC(=O)[C@@H](CCCN=C(N)N)NC(=O)[C@@H](CCCN=C(N)N)NC(=O)[C@@H](CCCN=C(N)N)NC(=O)CCCCCNCCNS(=O)(=O)C1=CC2C=CN=CC2C=C1. The summed E-state index contributed by atoms with van der Waals surface area (Å²) in [4.78, 5) is 126. The lowest BCUT2D eigenvalue weighted by molar-refractivity contribution is -0.135. The molecule has 2 unspecified atom stereocenters. The van der Waals surface area contributed by atoms with Crippen LogP contribution >= 0.6 is 0 Å². The Hall–Kier alpha value is -9.33. The first-order valence-corrected chi connectivity index (χ1v) is 31.4. The molecule has 7 amide bonds. The predicted molar refractivity (Wildman–Crippen MR) is 350 cm³/mol. The van der Waals surface area contributed by atoms with Gasteiger partial charge in [-0.05, 0) is 103 Å². The maximum absolute atomic E-state index is 14.6. The molecule has 37 nitrogen and oxygen atoms in total. The van der Waals surface area contributed by atoms with Crippen LogP contribution in [-0.2, 0) is 43.6 Å². The molecule has 0 radical (unpaired) electrons. The molecule has 0 saturated heterocycles. The van der Waals surface area contributed by atoms with Crippen LogP contribution in [0.5, 0.6) is 0 Å². The Labute approximate surface area is 530 Å². The monoisotopic (exact) mass is 1300 g/mol. The summed E-state index contributed by atoms with van der Waals surface area (Å²) in [5.41, 5.74) is 71.9. The Morgan fingerprint density at radius 3 is 1.13 bits per heavy atom. The number of nitrogens with one attached hydrogen (secondary N) is 8. The first-order chi connectivity index (χ1) is 43.2. The molecule has 2 aliphatic rings. The van der Waals surface area contributed by atoms with Crippen molar-refractivity contribution >= 4 is 93.3 Å². The summed E-state index contributed by atoms with van der Waals surface area (Å²) in [6, 6.07) is -8.05. The topological polar surface area (TPSA) is 675 Å². The fourth-order valence-corrected chi connectivity index (χ4v) is 10.1. The van der Waals surface area contributed by atoms with Crippen LogP contribution in [-0.4, -0.2) is 187 Å². The van der Waals surface area contributed by atoms with E-state index in [0.717, 1.165) is 0 Å². The Bertz CT molecular complexity index is 2780. The van der Waals surface area contributed by atoms with Crippen molar-refractivity contribution in [2.24, 2.45) is 121 Å². The minimum atomic E-state index is -3.72. The molecule has 0 bridgehead atoms. The number of carbonyl (C=O) groups excluding carboxylic acids is 7. The molecular formula is C53H98N28O9S. The molecule has 34 N–H and O–H groups in total. The second-order valence-corrected chi connectivity index (χ2v) is 23.0. The van der Waals surface area contributed by atoms with Crippen molar-refractivity contribution < 1.29 is 42.0 Å². The van der Waals surface area contributed by atoms with E-state index >= 15 is 0 Å². The van der Waals surface area contributed by atoms with Gasteiger partial charge in [-0.2, -0.15) is 0 Å². The molecular weight excluding hydrogens is 1200 g/mol. The molecule has 1 aliphatic carbocycles. The fraction of sp³-hybridized carbons (Fsp3) is 0.623. The number of guanidine groups is 6. The highest BCUT2D eigenvalue weighted by Gasteiger charge is 2.34. The van der Waals surface area contributed by atoms with Crippen LogP contribution in [0, 0.1) is 11.8 Å². The summed E-state index contributed by atoms with van der Waals surface area (Å²) in [5, 5.41) is 19.2. The number of nitrogens with zero attached hydrogens (tertiary/aromatic N) is 7. The summed E-state index contributed by atoms with van der Waals surface area (Å²) in [6.07, 6.45) is 12.6. The minimum Gasteiger partial charge on any atom is -0.370 e.